The van der Waals surface area contributed by atoms with Gasteiger partial charge in [0.05, 0.1) is 0 Å². The van der Waals surface area contributed by atoms with Crippen molar-refractivity contribution in [2.45, 2.75) is 19.4 Å². The molecule has 96 valence electrons. The Kier molecular flexibility index (Phi) is 3.74. The molecule has 1 nitrogen and oxygen atoms in total. The Balaban J connectivity index is 0.000000807. The van der Waals surface area contributed by atoms with Crippen LogP contribution in [0.2, 0.25) is 0 Å². The van der Waals surface area contributed by atoms with Crippen molar-refractivity contribution in [2.75, 3.05) is 6.54 Å². The normalized spacial score (nSPS) is 16.0. The van der Waals surface area contributed by atoms with Crippen LogP contribution in [0.4, 0.5) is 0 Å². The molecule has 0 saturated carbocycles. The zero-order valence-electron chi connectivity index (χ0n) is 13.0. The van der Waals surface area contributed by atoms with Crippen molar-refractivity contribution in [1.29, 1.82) is 0 Å². The molecule has 2 heteroatoms. The molecule has 1 aliphatic carbocycles. The first-order valence-electron chi connectivity index (χ1n) is 7.02. The smallest absolute Gasteiger partial charge is 1.00 e. The van der Waals surface area contributed by atoms with Crippen LogP contribution in [-0.2, 0) is 19.4 Å². The Morgan fingerprint density at radius 1 is 0.850 bits per heavy atom. The van der Waals surface area contributed by atoms with Crippen LogP contribution >= 0.6 is 0 Å². The van der Waals surface area contributed by atoms with Gasteiger partial charge in [0.15, 0.2) is 0 Å². The Morgan fingerprint density at radius 2 is 1.55 bits per heavy atom. The zero-order chi connectivity index (χ0) is 12.7. The van der Waals surface area contributed by atoms with E-state index in [9.17, 15) is 0 Å². The Morgan fingerprint density at radius 3 is 2.40 bits per heavy atom. The van der Waals surface area contributed by atoms with Gasteiger partial charge in [0.1, 0.15) is 0 Å². The van der Waals surface area contributed by atoms with E-state index < -0.39 is 0 Å². The molecule has 0 saturated heterocycles. The van der Waals surface area contributed by atoms with Gasteiger partial charge in [-0.15, -0.1) is 0 Å². The molecular weight excluding hydrogens is 237 g/mol. The van der Waals surface area contributed by atoms with Gasteiger partial charge in [0.25, 0.3) is 0 Å². The van der Waals surface area contributed by atoms with Crippen LogP contribution in [0.3, 0.4) is 0 Å². The van der Waals surface area contributed by atoms with E-state index in [0.29, 0.717) is 0 Å². The first-order chi connectivity index (χ1) is 9.42. The summed E-state index contributed by atoms with van der Waals surface area (Å²) in [5.41, 5.74) is 7.34. The number of nitrogens with zero attached hydrogens (tertiary/aromatic N) is 1. The summed E-state index contributed by atoms with van der Waals surface area (Å²) < 4.78 is 0. The maximum absolute atomic E-state index is 2.54. The predicted octanol–water partition coefficient (Wildman–Crippen LogP) is 0.758. The fraction of sp³-hybridized carbons (Fsp3) is 0.222. The number of allylic oxidation sites excluding steroid dienone is 1. The minimum atomic E-state index is 0. The molecule has 2 aromatic rings. The summed E-state index contributed by atoms with van der Waals surface area (Å²) in [6.45, 7) is 2.19. The van der Waals surface area contributed by atoms with Crippen LogP contribution in [-0.4, -0.2) is 11.4 Å². The van der Waals surface area contributed by atoms with Crippen molar-refractivity contribution in [3.63, 3.8) is 0 Å². The maximum atomic E-state index is 2.54. The van der Waals surface area contributed by atoms with Crippen molar-refractivity contribution >= 4 is 5.70 Å². The first kappa shape index (κ1) is 13.6. The number of hydrogen-bond acceptors (Lipinski definition) is 1. The second-order valence-electron chi connectivity index (χ2n) is 5.39. The molecule has 0 spiro atoms. The Hall–Kier alpha value is -1.42. The summed E-state index contributed by atoms with van der Waals surface area (Å²) in [5, 5.41) is 0. The van der Waals surface area contributed by atoms with E-state index in [2.05, 4.69) is 59.5 Å². The number of benzene rings is 2. The van der Waals surface area contributed by atoms with Gasteiger partial charge in [-0.05, 0) is 29.5 Å². The topological polar surface area (TPSA) is 3.24 Å². The van der Waals surface area contributed by atoms with Gasteiger partial charge in [0, 0.05) is 24.4 Å². The van der Waals surface area contributed by atoms with Gasteiger partial charge in [-0.25, -0.2) is 0 Å². The number of rotatable bonds is 1. The SMILES string of the molecule is C1=C(N2CCc3ccccc3C2)c2ccccc2C1.[H-].[Li+]. The van der Waals surface area contributed by atoms with Crippen molar-refractivity contribution in [2.24, 2.45) is 0 Å². The standard InChI is InChI=1S/C18H17N.Li.H/c1-2-7-16-13-19(12-11-14(16)5-1)18-10-9-15-6-3-4-8-17(15)18;;/h1-8,10H,9,11-13H2;;/q;+1;-1. The summed E-state index contributed by atoms with van der Waals surface area (Å²) in [6, 6.07) is 17.6. The molecule has 0 aromatic heterocycles. The molecule has 0 fully saturated rings. The van der Waals surface area contributed by atoms with Crippen LogP contribution in [0.5, 0.6) is 0 Å². The third-order valence-electron chi connectivity index (χ3n) is 4.28. The fourth-order valence-corrected chi connectivity index (χ4v) is 3.27. The number of fused-ring (bicyclic) bond motifs is 2. The van der Waals surface area contributed by atoms with Crippen LogP contribution < -0.4 is 18.9 Å². The summed E-state index contributed by atoms with van der Waals surface area (Å²) in [4.78, 5) is 2.54. The van der Waals surface area contributed by atoms with E-state index in [1.54, 1.807) is 0 Å². The molecule has 2 aromatic carbocycles. The number of hydrogen-bond donors (Lipinski definition) is 0. The van der Waals surface area contributed by atoms with Crippen molar-refractivity contribution in [3.8, 4) is 0 Å². The van der Waals surface area contributed by atoms with E-state index in [1.807, 2.05) is 0 Å². The minimum Gasteiger partial charge on any atom is -1.00 e. The van der Waals surface area contributed by atoms with Crippen molar-refractivity contribution in [1.82, 2.24) is 4.90 Å². The maximum Gasteiger partial charge on any atom is 1.00 e. The first-order valence-corrected chi connectivity index (χ1v) is 7.02. The second-order valence-corrected chi connectivity index (χ2v) is 5.39. The fourth-order valence-electron chi connectivity index (χ4n) is 3.27. The quantitative estimate of drug-likeness (QED) is 0.680. The van der Waals surface area contributed by atoms with Gasteiger partial charge < -0.3 is 6.33 Å². The molecule has 1 heterocycles. The van der Waals surface area contributed by atoms with Crippen molar-refractivity contribution < 1.29 is 20.3 Å². The Bertz CT molecular complexity index is 666. The third-order valence-corrected chi connectivity index (χ3v) is 4.28. The van der Waals surface area contributed by atoms with Crippen LogP contribution in [0.1, 0.15) is 23.7 Å². The van der Waals surface area contributed by atoms with Crippen LogP contribution in [0, 0.1) is 0 Å². The molecule has 0 N–H and O–H groups in total. The molecule has 0 atom stereocenters. The van der Waals surface area contributed by atoms with E-state index in [4.69, 9.17) is 0 Å². The van der Waals surface area contributed by atoms with Crippen molar-refractivity contribution in [3.05, 3.63) is 76.9 Å². The molecule has 0 unspecified atom stereocenters. The van der Waals surface area contributed by atoms with Gasteiger partial charge in [-0.3, -0.25) is 0 Å². The van der Waals surface area contributed by atoms with E-state index >= 15 is 0 Å². The van der Waals surface area contributed by atoms with E-state index in [0.717, 1.165) is 25.9 Å². The zero-order valence-corrected chi connectivity index (χ0v) is 12.0. The predicted molar refractivity (Wildman–Crippen MR) is 79.8 cm³/mol. The summed E-state index contributed by atoms with van der Waals surface area (Å²) in [6.07, 6.45) is 4.64. The Labute approximate surface area is 134 Å². The van der Waals surface area contributed by atoms with Crippen LogP contribution in [0.15, 0.2) is 54.6 Å². The van der Waals surface area contributed by atoms with Gasteiger partial charge >= 0.3 is 18.9 Å². The summed E-state index contributed by atoms with van der Waals surface area (Å²) >= 11 is 0. The average molecular weight is 255 g/mol. The minimum absolute atomic E-state index is 0. The average Bonchev–Trinajstić information content (AvgIpc) is 2.91. The third kappa shape index (κ3) is 2.22. The van der Waals surface area contributed by atoms with E-state index in [1.165, 1.54) is 28.0 Å². The molecule has 1 aliphatic heterocycles. The molecule has 0 amide bonds. The largest absolute Gasteiger partial charge is 1.00 e. The van der Waals surface area contributed by atoms with Crippen LogP contribution in [0.25, 0.3) is 5.70 Å². The molecule has 4 rings (SSSR count). The molecular formula is C18H18LiN. The summed E-state index contributed by atoms with van der Waals surface area (Å²) in [5.74, 6) is 0. The summed E-state index contributed by atoms with van der Waals surface area (Å²) in [7, 11) is 0. The van der Waals surface area contributed by atoms with Gasteiger partial charge in [0.2, 0.25) is 0 Å². The molecule has 0 bridgehead atoms. The molecule has 20 heavy (non-hydrogen) atoms. The van der Waals surface area contributed by atoms with Gasteiger partial charge in [-0.1, -0.05) is 54.6 Å². The second kappa shape index (κ2) is 5.52. The van der Waals surface area contributed by atoms with Gasteiger partial charge in [-0.2, -0.15) is 0 Å². The molecule has 0 radical (unpaired) electrons. The van der Waals surface area contributed by atoms with E-state index in [-0.39, 0.29) is 20.3 Å². The molecule has 2 aliphatic rings. The monoisotopic (exact) mass is 255 g/mol.